The zero-order valence-corrected chi connectivity index (χ0v) is 24.2. The fourth-order valence-corrected chi connectivity index (χ4v) is 5.38. The van der Waals surface area contributed by atoms with E-state index < -0.39 is 45.8 Å². The van der Waals surface area contributed by atoms with Crippen LogP contribution in [-0.2, 0) is 26.2 Å². The minimum Gasteiger partial charge on any atom is -0.350 e. The largest absolute Gasteiger partial charge is 0.350 e. The highest BCUT2D eigenvalue weighted by Crippen LogP contribution is 2.26. The van der Waals surface area contributed by atoms with E-state index in [1.807, 2.05) is 6.92 Å². The Labute approximate surface area is 234 Å². The number of rotatable bonds is 9. The predicted molar refractivity (Wildman–Crippen MR) is 151 cm³/mol. The molecule has 2 amide bonds. The zero-order chi connectivity index (χ0) is 29.0. The maximum atomic E-state index is 14.6. The summed E-state index contributed by atoms with van der Waals surface area (Å²) in [6.07, 6.45) is 0. The van der Waals surface area contributed by atoms with Gasteiger partial charge in [-0.3, -0.25) is 13.9 Å². The fraction of sp³-hybridized carbons (Fsp3) is 0.310. The fourth-order valence-electron chi connectivity index (χ4n) is 3.84. The zero-order valence-electron chi connectivity index (χ0n) is 22.6. The number of nitrogens with zero attached hydrogens (tertiary/aromatic N) is 2. The number of sulfonamides is 1. The van der Waals surface area contributed by atoms with Crippen molar-refractivity contribution in [1.29, 1.82) is 0 Å². The second kappa shape index (κ2) is 12.2. The number of carbonyl (C=O) groups is 2. The van der Waals surface area contributed by atoms with Crippen molar-refractivity contribution < 1.29 is 22.4 Å². The highest BCUT2D eigenvalue weighted by molar-refractivity contribution is 7.92. The van der Waals surface area contributed by atoms with Gasteiger partial charge in [0, 0.05) is 22.7 Å². The van der Waals surface area contributed by atoms with Crippen LogP contribution in [0.3, 0.4) is 0 Å². The van der Waals surface area contributed by atoms with Crippen molar-refractivity contribution in [3.05, 3.63) is 94.8 Å². The Hall–Kier alpha value is -3.43. The average molecular weight is 574 g/mol. The lowest BCUT2D eigenvalue weighted by molar-refractivity contribution is -0.140. The topological polar surface area (TPSA) is 86.8 Å². The number of amides is 2. The Balaban J connectivity index is 2.04. The summed E-state index contributed by atoms with van der Waals surface area (Å²) in [5.41, 5.74) is 0.701. The summed E-state index contributed by atoms with van der Waals surface area (Å²) in [6, 6.07) is 17.2. The van der Waals surface area contributed by atoms with Crippen LogP contribution < -0.4 is 9.62 Å². The molecule has 39 heavy (non-hydrogen) atoms. The molecular formula is C29H33ClFN3O4S. The number of nitrogens with one attached hydrogen (secondary N) is 1. The monoisotopic (exact) mass is 573 g/mol. The van der Waals surface area contributed by atoms with Gasteiger partial charge in [0.05, 0.1) is 10.6 Å². The van der Waals surface area contributed by atoms with Gasteiger partial charge >= 0.3 is 0 Å². The maximum Gasteiger partial charge on any atom is 0.264 e. The van der Waals surface area contributed by atoms with Gasteiger partial charge in [-0.25, -0.2) is 12.8 Å². The van der Waals surface area contributed by atoms with Gasteiger partial charge in [0.1, 0.15) is 18.4 Å². The van der Waals surface area contributed by atoms with Crippen LogP contribution in [0.5, 0.6) is 0 Å². The van der Waals surface area contributed by atoms with E-state index in [4.69, 9.17) is 11.6 Å². The maximum absolute atomic E-state index is 14.6. The third-order valence-electron chi connectivity index (χ3n) is 5.97. The molecule has 0 heterocycles. The standard InChI is InChI=1S/C29H33ClFN3O4S/c1-20-10-16-25(17-11-20)39(37,38)34(24-14-12-23(30)13-15-24)19-27(35)33(18-22-8-6-7-9-26(22)31)21(2)28(36)32-29(3,4)5/h6-17,21H,18-19H2,1-5H3,(H,32,36)/t21-/m1/s1. The molecule has 0 fully saturated rings. The van der Waals surface area contributed by atoms with Gasteiger partial charge in [-0.15, -0.1) is 0 Å². The molecule has 0 aromatic heterocycles. The quantitative estimate of drug-likeness (QED) is 0.376. The van der Waals surface area contributed by atoms with E-state index in [0.717, 1.165) is 9.87 Å². The molecule has 10 heteroatoms. The Morgan fingerprint density at radius 2 is 1.56 bits per heavy atom. The van der Waals surface area contributed by atoms with Crippen molar-refractivity contribution in [3.63, 3.8) is 0 Å². The lowest BCUT2D eigenvalue weighted by atomic mass is 10.1. The molecule has 0 bridgehead atoms. The second-order valence-electron chi connectivity index (χ2n) is 10.3. The molecule has 3 aromatic rings. The molecule has 1 N–H and O–H groups in total. The van der Waals surface area contributed by atoms with Crippen LogP contribution in [0.4, 0.5) is 10.1 Å². The van der Waals surface area contributed by atoms with E-state index in [9.17, 15) is 22.4 Å². The molecule has 1 atom stereocenters. The van der Waals surface area contributed by atoms with Crippen LogP contribution in [0.1, 0.15) is 38.8 Å². The third kappa shape index (κ3) is 7.80. The van der Waals surface area contributed by atoms with E-state index in [2.05, 4.69) is 5.32 Å². The molecule has 0 aliphatic rings. The number of anilines is 1. The van der Waals surface area contributed by atoms with Gasteiger partial charge in [0.2, 0.25) is 11.8 Å². The van der Waals surface area contributed by atoms with E-state index in [0.29, 0.717) is 5.02 Å². The van der Waals surface area contributed by atoms with Crippen molar-refractivity contribution >= 4 is 39.1 Å². The molecule has 7 nitrogen and oxygen atoms in total. The SMILES string of the molecule is Cc1ccc(S(=O)(=O)N(CC(=O)N(Cc2ccccc2F)[C@H](C)C(=O)NC(C)(C)C)c2ccc(Cl)cc2)cc1. The minimum atomic E-state index is -4.20. The molecule has 3 aromatic carbocycles. The average Bonchev–Trinajstić information content (AvgIpc) is 2.86. The van der Waals surface area contributed by atoms with Crippen LogP contribution in [0.15, 0.2) is 77.7 Å². The Morgan fingerprint density at radius 3 is 2.13 bits per heavy atom. The van der Waals surface area contributed by atoms with Crippen molar-refractivity contribution in [2.75, 3.05) is 10.8 Å². The van der Waals surface area contributed by atoms with Crippen molar-refractivity contribution in [3.8, 4) is 0 Å². The van der Waals surface area contributed by atoms with Gasteiger partial charge in [-0.2, -0.15) is 0 Å². The molecule has 0 aliphatic carbocycles. The van der Waals surface area contributed by atoms with E-state index in [1.165, 1.54) is 66.4 Å². The van der Waals surface area contributed by atoms with E-state index in [1.54, 1.807) is 39.0 Å². The van der Waals surface area contributed by atoms with Gasteiger partial charge in [0.25, 0.3) is 10.0 Å². The minimum absolute atomic E-state index is 0.00460. The number of hydrogen-bond acceptors (Lipinski definition) is 4. The molecule has 0 unspecified atom stereocenters. The molecule has 0 radical (unpaired) electrons. The lowest BCUT2D eigenvalue weighted by Gasteiger charge is -2.33. The summed E-state index contributed by atoms with van der Waals surface area (Å²) in [7, 11) is -4.20. The van der Waals surface area contributed by atoms with Crippen molar-refractivity contribution in [2.24, 2.45) is 0 Å². The number of aryl methyl sites for hydroxylation is 1. The molecule has 0 saturated carbocycles. The predicted octanol–water partition coefficient (Wildman–Crippen LogP) is 5.31. The second-order valence-corrected chi connectivity index (χ2v) is 12.6. The first-order valence-electron chi connectivity index (χ1n) is 12.4. The lowest BCUT2D eigenvalue weighted by Crippen LogP contribution is -2.54. The number of halogens is 2. The number of carbonyl (C=O) groups excluding carboxylic acids is 2. The van der Waals surface area contributed by atoms with Gasteiger partial charge < -0.3 is 10.2 Å². The smallest absolute Gasteiger partial charge is 0.264 e. The molecule has 0 spiro atoms. The summed E-state index contributed by atoms with van der Waals surface area (Å²) in [5.74, 6) is -1.67. The highest BCUT2D eigenvalue weighted by atomic mass is 35.5. The van der Waals surface area contributed by atoms with E-state index >= 15 is 0 Å². The van der Waals surface area contributed by atoms with Crippen LogP contribution in [0.2, 0.25) is 5.02 Å². The van der Waals surface area contributed by atoms with Crippen LogP contribution in [0, 0.1) is 12.7 Å². The van der Waals surface area contributed by atoms with E-state index in [-0.39, 0.29) is 22.7 Å². The van der Waals surface area contributed by atoms with Crippen molar-refractivity contribution in [2.45, 2.75) is 57.6 Å². The number of benzene rings is 3. The molecule has 3 rings (SSSR count). The summed E-state index contributed by atoms with van der Waals surface area (Å²) in [5, 5.41) is 3.23. The Morgan fingerprint density at radius 1 is 0.974 bits per heavy atom. The Bertz CT molecular complexity index is 1420. The number of hydrogen-bond donors (Lipinski definition) is 1. The van der Waals surface area contributed by atoms with Crippen molar-refractivity contribution in [1.82, 2.24) is 10.2 Å². The van der Waals surface area contributed by atoms with Crippen LogP contribution in [0.25, 0.3) is 0 Å². The first-order chi connectivity index (χ1) is 18.2. The highest BCUT2D eigenvalue weighted by Gasteiger charge is 2.33. The van der Waals surface area contributed by atoms with Crippen LogP contribution >= 0.6 is 11.6 Å². The third-order valence-corrected chi connectivity index (χ3v) is 8.01. The first-order valence-corrected chi connectivity index (χ1v) is 14.2. The normalized spacial score (nSPS) is 12.5. The molecular weight excluding hydrogens is 541 g/mol. The Kier molecular flexibility index (Phi) is 9.40. The summed E-state index contributed by atoms with van der Waals surface area (Å²) < 4.78 is 43.1. The molecule has 0 saturated heterocycles. The summed E-state index contributed by atoms with van der Waals surface area (Å²) >= 11 is 6.03. The van der Waals surface area contributed by atoms with Gasteiger partial charge in [-0.05, 0) is 77.1 Å². The van der Waals surface area contributed by atoms with Crippen LogP contribution in [-0.4, -0.2) is 43.3 Å². The van der Waals surface area contributed by atoms with Gasteiger partial charge in [-0.1, -0.05) is 47.5 Å². The summed E-state index contributed by atoms with van der Waals surface area (Å²) in [4.78, 5) is 28.1. The molecule has 0 aliphatic heterocycles. The first kappa shape index (κ1) is 30.1. The molecule has 208 valence electrons. The summed E-state index contributed by atoms with van der Waals surface area (Å²) in [6.45, 7) is 7.91. The van der Waals surface area contributed by atoms with Gasteiger partial charge in [0.15, 0.2) is 0 Å².